The Hall–Kier alpha value is -2.76. The molecule has 0 saturated carbocycles. The molecule has 1 saturated heterocycles. The lowest BCUT2D eigenvalue weighted by atomic mass is 10.1. The molecule has 6 heteroatoms. The van der Waals surface area contributed by atoms with Gasteiger partial charge < -0.3 is 14.6 Å². The van der Waals surface area contributed by atoms with Crippen LogP contribution in [0.1, 0.15) is 12.8 Å². The van der Waals surface area contributed by atoms with Crippen LogP contribution >= 0.6 is 0 Å². The van der Waals surface area contributed by atoms with E-state index < -0.39 is 23.3 Å². The summed E-state index contributed by atoms with van der Waals surface area (Å²) in [7, 11) is 0. The van der Waals surface area contributed by atoms with Crippen molar-refractivity contribution in [1.82, 2.24) is 0 Å². The lowest BCUT2D eigenvalue weighted by Crippen LogP contribution is -2.28. The van der Waals surface area contributed by atoms with Gasteiger partial charge in [-0.1, -0.05) is 30.3 Å². The zero-order valence-corrected chi connectivity index (χ0v) is 10.4. The number of hydrogen-bond acceptors (Lipinski definition) is 5. The average Bonchev–Trinajstić information content (AvgIpc) is 2.93. The number of hydrogen-bond donors (Lipinski definition) is 2. The number of aromatic hydroxyl groups is 2. The minimum Gasteiger partial charge on any atom is -0.502 e. The van der Waals surface area contributed by atoms with Crippen molar-refractivity contribution in [2.75, 3.05) is 4.90 Å². The van der Waals surface area contributed by atoms with Gasteiger partial charge in [0.05, 0.1) is 0 Å². The molecule has 2 heterocycles. The van der Waals surface area contributed by atoms with Gasteiger partial charge >= 0.3 is 0 Å². The summed E-state index contributed by atoms with van der Waals surface area (Å²) in [6, 6.07) is 8.61. The Morgan fingerprint density at radius 2 is 1.55 bits per heavy atom. The summed E-state index contributed by atoms with van der Waals surface area (Å²) in [5.41, 5.74) is 0.533. The highest BCUT2D eigenvalue weighted by Crippen LogP contribution is 2.47. The Kier molecular flexibility index (Phi) is 2.71. The number of anilines is 1. The third-order valence-corrected chi connectivity index (χ3v) is 3.13. The van der Waals surface area contributed by atoms with E-state index in [0.717, 1.165) is 4.90 Å². The van der Waals surface area contributed by atoms with Crippen LogP contribution in [0.25, 0.3) is 11.3 Å². The second-order valence-electron chi connectivity index (χ2n) is 4.42. The number of carbonyl (C=O) groups is 2. The quantitative estimate of drug-likeness (QED) is 0.817. The molecule has 0 radical (unpaired) electrons. The summed E-state index contributed by atoms with van der Waals surface area (Å²) in [6.07, 6.45) is 0.140. The molecule has 1 aliphatic rings. The summed E-state index contributed by atoms with van der Waals surface area (Å²) in [6.45, 7) is 0. The smallest absolute Gasteiger partial charge is 0.256 e. The molecule has 0 atom stereocenters. The topological polar surface area (TPSA) is 91.0 Å². The van der Waals surface area contributed by atoms with Gasteiger partial charge in [-0.05, 0) is 0 Å². The van der Waals surface area contributed by atoms with Crippen LogP contribution < -0.4 is 4.90 Å². The number of rotatable bonds is 2. The molecule has 0 aliphatic carbocycles. The number of imide groups is 1. The van der Waals surface area contributed by atoms with Crippen molar-refractivity contribution >= 4 is 17.7 Å². The van der Waals surface area contributed by atoms with Gasteiger partial charge in [-0.15, -0.1) is 0 Å². The molecule has 2 amide bonds. The van der Waals surface area contributed by atoms with Crippen LogP contribution in [-0.4, -0.2) is 22.0 Å². The largest absolute Gasteiger partial charge is 0.502 e. The fourth-order valence-corrected chi connectivity index (χ4v) is 2.14. The van der Waals surface area contributed by atoms with E-state index in [0.29, 0.717) is 5.56 Å². The monoisotopic (exact) mass is 273 g/mol. The Balaban J connectivity index is 2.11. The van der Waals surface area contributed by atoms with Crippen LogP contribution in [0.2, 0.25) is 0 Å². The van der Waals surface area contributed by atoms with Gasteiger partial charge in [-0.3, -0.25) is 9.59 Å². The van der Waals surface area contributed by atoms with Gasteiger partial charge in [0.25, 0.3) is 5.88 Å². The van der Waals surface area contributed by atoms with Gasteiger partial charge in [0, 0.05) is 18.4 Å². The van der Waals surface area contributed by atoms with E-state index in [4.69, 9.17) is 4.42 Å². The number of nitrogens with zero attached hydrogens (tertiary/aromatic N) is 1. The van der Waals surface area contributed by atoms with Crippen molar-refractivity contribution in [3.63, 3.8) is 0 Å². The summed E-state index contributed by atoms with van der Waals surface area (Å²) in [4.78, 5) is 24.1. The molecular weight excluding hydrogens is 262 g/mol. The highest BCUT2D eigenvalue weighted by Gasteiger charge is 2.37. The summed E-state index contributed by atoms with van der Waals surface area (Å²) in [5, 5.41) is 19.8. The third kappa shape index (κ3) is 1.73. The lowest BCUT2D eigenvalue weighted by Gasteiger charge is -2.09. The molecule has 0 spiro atoms. The number of benzene rings is 1. The van der Waals surface area contributed by atoms with Crippen molar-refractivity contribution in [2.24, 2.45) is 0 Å². The number of furan rings is 1. The molecule has 1 aliphatic heterocycles. The molecule has 6 nitrogen and oxygen atoms in total. The number of carbonyl (C=O) groups excluding carboxylic acids is 2. The van der Waals surface area contributed by atoms with Crippen molar-refractivity contribution in [3.05, 3.63) is 30.3 Å². The van der Waals surface area contributed by atoms with Crippen molar-refractivity contribution in [1.29, 1.82) is 0 Å². The standard InChI is InChI=1S/C14H11NO5/c16-9-6-7-10(17)15(9)14-12(19)11(18)13(20-14)8-4-2-1-3-5-8/h1-5,18-19H,6-7H2. The van der Waals surface area contributed by atoms with Gasteiger partial charge in [-0.25, -0.2) is 4.90 Å². The van der Waals surface area contributed by atoms with Crippen LogP contribution in [0.4, 0.5) is 5.88 Å². The maximum Gasteiger partial charge on any atom is 0.256 e. The summed E-state index contributed by atoms with van der Waals surface area (Å²) in [5.74, 6) is -2.32. The second-order valence-corrected chi connectivity index (χ2v) is 4.42. The third-order valence-electron chi connectivity index (χ3n) is 3.13. The molecule has 1 aromatic heterocycles. The maximum absolute atomic E-state index is 11.6. The van der Waals surface area contributed by atoms with E-state index in [1.54, 1.807) is 30.3 Å². The van der Waals surface area contributed by atoms with Gasteiger partial charge in [0.15, 0.2) is 5.76 Å². The zero-order chi connectivity index (χ0) is 14.3. The fraction of sp³-hybridized carbons (Fsp3) is 0.143. The van der Waals surface area contributed by atoms with Crippen LogP contribution in [0.5, 0.6) is 11.5 Å². The second kappa shape index (κ2) is 4.41. The van der Waals surface area contributed by atoms with Crippen molar-refractivity contribution in [3.8, 4) is 22.8 Å². The minimum absolute atomic E-state index is 0.0191. The van der Waals surface area contributed by atoms with Gasteiger partial charge in [0.2, 0.25) is 23.3 Å². The summed E-state index contributed by atoms with van der Waals surface area (Å²) < 4.78 is 5.34. The maximum atomic E-state index is 11.6. The molecule has 1 fully saturated rings. The van der Waals surface area contributed by atoms with Crippen molar-refractivity contribution in [2.45, 2.75) is 12.8 Å². The Labute approximate surface area is 113 Å². The molecule has 2 aromatic rings. The molecule has 3 rings (SSSR count). The molecule has 20 heavy (non-hydrogen) atoms. The molecular formula is C14H11NO5. The first kappa shape index (κ1) is 12.3. The van der Waals surface area contributed by atoms with E-state index in [2.05, 4.69) is 0 Å². The minimum atomic E-state index is -0.604. The van der Waals surface area contributed by atoms with Crippen molar-refractivity contribution < 1.29 is 24.2 Å². The molecule has 1 aromatic carbocycles. The van der Waals surface area contributed by atoms with E-state index >= 15 is 0 Å². The highest BCUT2D eigenvalue weighted by atomic mass is 16.4. The SMILES string of the molecule is O=C1CCC(=O)N1c1oc(-c2ccccc2)c(O)c1O. The Bertz CT molecular complexity index is 673. The summed E-state index contributed by atoms with van der Waals surface area (Å²) >= 11 is 0. The van der Waals surface area contributed by atoms with Gasteiger partial charge in [0.1, 0.15) is 0 Å². The van der Waals surface area contributed by atoms with Crippen LogP contribution in [-0.2, 0) is 9.59 Å². The normalized spacial score (nSPS) is 15.1. The first-order valence-electron chi connectivity index (χ1n) is 6.05. The van der Waals surface area contributed by atoms with Crippen LogP contribution in [0.3, 0.4) is 0 Å². The lowest BCUT2D eigenvalue weighted by molar-refractivity contribution is -0.121. The average molecular weight is 273 g/mol. The molecule has 2 N–H and O–H groups in total. The predicted octanol–water partition coefficient (Wildman–Crippen LogP) is 2.01. The van der Waals surface area contributed by atoms with E-state index in [1.807, 2.05) is 0 Å². The Morgan fingerprint density at radius 3 is 2.15 bits per heavy atom. The van der Waals surface area contributed by atoms with Crippen LogP contribution in [0, 0.1) is 0 Å². The fourth-order valence-electron chi connectivity index (χ4n) is 2.14. The zero-order valence-electron chi connectivity index (χ0n) is 10.4. The van der Waals surface area contributed by atoms with E-state index in [1.165, 1.54) is 0 Å². The Morgan fingerprint density at radius 1 is 0.950 bits per heavy atom. The van der Waals surface area contributed by atoms with E-state index in [9.17, 15) is 19.8 Å². The van der Waals surface area contributed by atoms with Gasteiger partial charge in [-0.2, -0.15) is 0 Å². The molecule has 0 unspecified atom stereocenters. The molecule has 102 valence electrons. The first-order valence-corrected chi connectivity index (χ1v) is 6.05. The van der Waals surface area contributed by atoms with E-state index in [-0.39, 0.29) is 24.5 Å². The molecule has 0 bridgehead atoms. The first-order chi connectivity index (χ1) is 9.59. The van der Waals surface area contributed by atoms with Crippen LogP contribution in [0.15, 0.2) is 34.7 Å². The predicted molar refractivity (Wildman–Crippen MR) is 69.2 cm³/mol. The number of amides is 2. The highest BCUT2D eigenvalue weighted by molar-refractivity contribution is 6.20.